The third-order valence-electron chi connectivity index (χ3n) is 3.43. The Morgan fingerprint density at radius 2 is 2.12 bits per heavy atom. The van der Waals surface area contributed by atoms with Crippen LogP contribution in [0.4, 0.5) is 0 Å². The fourth-order valence-electron chi connectivity index (χ4n) is 2.44. The summed E-state index contributed by atoms with van der Waals surface area (Å²) in [6, 6.07) is 11.0. The van der Waals surface area contributed by atoms with E-state index in [4.69, 9.17) is 5.73 Å². The van der Waals surface area contributed by atoms with Gasteiger partial charge in [-0.2, -0.15) is 0 Å². The Hall–Kier alpha value is -0.770. The quantitative estimate of drug-likeness (QED) is 0.886. The minimum Gasteiger partial charge on any atom is -0.323 e. The van der Waals surface area contributed by atoms with Crippen molar-refractivity contribution in [2.24, 2.45) is 5.73 Å². The summed E-state index contributed by atoms with van der Waals surface area (Å²) in [6.45, 7) is 2.16. The van der Waals surface area contributed by atoms with Crippen molar-refractivity contribution in [1.82, 2.24) is 0 Å². The van der Waals surface area contributed by atoms with E-state index >= 15 is 0 Å². The molecule has 0 spiro atoms. The fraction of sp³-hybridized carbons (Fsp3) is 0.286. The van der Waals surface area contributed by atoms with Gasteiger partial charge in [0.1, 0.15) is 0 Å². The van der Waals surface area contributed by atoms with E-state index in [1.165, 1.54) is 20.9 Å². The van der Waals surface area contributed by atoms with Crippen LogP contribution in [-0.2, 0) is 0 Å². The summed E-state index contributed by atoms with van der Waals surface area (Å²) in [5, 5.41) is 2.14. The first-order valence-electron chi connectivity index (χ1n) is 5.78. The molecule has 88 valence electrons. The molecule has 0 saturated heterocycles. The smallest absolute Gasteiger partial charge is 0.0383 e. The number of aryl methyl sites for hydroxylation is 1. The van der Waals surface area contributed by atoms with Gasteiger partial charge < -0.3 is 5.73 Å². The lowest BCUT2D eigenvalue weighted by atomic mass is 9.89. The summed E-state index contributed by atoms with van der Waals surface area (Å²) in [7, 11) is 0. The second-order valence-corrected chi connectivity index (χ2v) is 6.60. The van der Waals surface area contributed by atoms with E-state index < -0.39 is 0 Å². The van der Waals surface area contributed by atoms with Gasteiger partial charge in [0.05, 0.1) is 0 Å². The van der Waals surface area contributed by atoms with Crippen molar-refractivity contribution < 1.29 is 0 Å². The van der Waals surface area contributed by atoms with E-state index in [1.807, 2.05) is 11.8 Å². The number of thiophene rings is 1. The number of benzene rings is 1. The Labute approximate surface area is 110 Å². The van der Waals surface area contributed by atoms with E-state index in [1.54, 1.807) is 11.3 Å². The largest absolute Gasteiger partial charge is 0.323 e. The van der Waals surface area contributed by atoms with E-state index in [9.17, 15) is 0 Å². The maximum Gasteiger partial charge on any atom is 0.0383 e. The monoisotopic (exact) mass is 261 g/mol. The van der Waals surface area contributed by atoms with Crippen molar-refractivity contribution in [3.63, 3.8) is 0 Å². The highest BCUT2D eigenvalue weighted by Gasteiger charge is 2.29. The van der Waals surface area contributed by atoms with Crippen LogP contribution < -0.4 is 5.73 Å². The van der Waals surface area contributed by atoms with Crippen LogP contribution in [0.25, 0.3) is 0 Å². The molecule has 2 heterocycles. The number of nitrogens with two attached hydrogens (primary N) is 1. The summed E-state index contributed by atoms with van der Waals surface area (Å²) < 4.78 is 0. The molecule has 1 nitrogen and oxygen atoms in total. The maximum atomic E-state index is 6.45. The van der Waals surface area contributed by atoms with Gasteiger partial charge in [-0.05, 0) is 35.6 Å². The van der Waals surface area contributed by atoms with Gasteiger partial charge >= 0.3 is 0 Å². The molecule has 0 aliphatic carbocycles. The minimum absolute atomic E-state index is 0.136. The van der Waals surface area contributed by atoms with E-state index in [-0.39, 0.29) is 6.04 Å². The standard InChI is InChI=1S/C14H15NS2/c1-9-10(6-7-16-9)14(15)12-8-17-13-5-3-2-4-11(12)13/h2-7,12,14H,8,15H2,1H3. The molecular formula is C14H15NS2. The zero-order valence-electron chi connectivity index (χ0n) is 9.72. The van der Waals surface area contributed by atoms with Crippen LogP contribution in [0.3, 0.4) is 0 Å². The van der Waals surface area contributed by atoms with E-state index in [0.29, 0.717) is 5.92 Å². The highest BCUT2D eigenvalue weighted by atomic mass is 32.2. The Bertz CT molecular complexity index is 533. The molecule has 3 rings (SSSR count). The number of fused-ring (bicyclic) bond motifs is 1. The average Bonchev–Trinajstić information content (AvgIpc) is 2.94. The Balaban J connectivity index is 1.95. The molecule has 0 bridgehead atoms. The highest BCUT2D eigenvalue weighted by Crippen LogP contribution is 2.45. The molecular weight excluding hydrogens is 246 g/mol. The molecule has 2 aromatic rings. The van der Waals surface area contributed by atoms with Gasteiger partial charge in [0, 0.05) is 27.5 Å². The third kappa shape index (κ3) is 1.92. The van der Waals surface area contributed by atoms with Gasteiger partial charge in [0.25, 0.3) is 0 Å². The summed E-state index contributed by atoms with van der Waals surface area (Å²) in [5.74, 6) is 1.57. The Morgan fingerprint density at radius 1 is 1.29 bits per heavy atom. The zero-order chi connectivity index (χ0) is 11.8. The average molecular weight is 261 g/mol. The van der Waals surface area contributed by atoms with Gasteiger partial charge in [-0.25, -0.2) is 0 Å². The lowest BCUT2D eigenvalue weighted by Crippen LogP contribution is -2.19. The van der Waals surface area contributed by atoms with E-state index in [2.05, 4.69) is 42.6 Å². The second-order valence-electron chi connectivity index (χ2n) is 4.41. The second kappa shape index (κ2) is 4.48. The van der Waals surface area contributed by atoms with Crippen LogP contribution in [0.15, 0.2) is 40.6 Å². The number of hydrogen-bond donors (Lipinski definition) is 1. The van der Waals surface area contributed by atoms with Crippen molar-refractivity contribution in [2.75, 3.05) is 5.75 Å². The summed E-state index contributed by atoms with van der Waals surface area (Å²) in [4.78, 5) is 2.76. The van der Waals surface area contributed by atoms with Gasteiger partial charge in [-0.1, -0.05) is 18.2 Å². The number of rotatable bonds is 2. The summed E-state index contributed by atoms with van der Waals surface area (Å²) in [5.41, 5.74) is 9.20. The van der Waals surface area contributed by atoms with E-state index in [0.717, 1.165) is 5.75 Å². The maximum absolute atomic E-state index is 6.45. The Morgan fingerprint density at radius 3 is 2.88 bits per heavy atom. The molecule has 2 N–H and O–H groups in total. The van der Waals surface area contributed by atoms with Gasteiger partial charge in [0.15, 0.2) is 0 Å². The molecule has 0 amide bonds. The van der Waals surface area contributed by atoms with Crippen molar-refractivity contribution in [1.29, 1.82) is 0 Å². The highest BCUT2D eigenvalue weighted by molar-refractivity contribution is 7.99. The van der Waals surface area contributed by atoms with Gasteiger partial charge in [-0.15, -0.1) is 23.1 Å². The number of thioether (sulfide) groups is 1. The summed E-state index contributed by atoms with van der Waals surface area (Å²) >= 11 is 3.72. The SMILES string of the molecule is Cc1sccc1C(N)C1CSc2ccccc21. The molecule has 2 atom stereocenters. The predicted octanol–water partition coefficient (Wildman–Crippen LogP) is 3.95. The normalized spacial score (nSPS) is 20.2. The predicted molar refractivity (Wildman–Crippen MR) is 75.9 cm³/mol. The van der Waals surface area contributed by atoms with Crippen LogP contribution in [-0.4, -0.2) is 5.75 Å². The molecule has 1 aliphatic heterocycles. The molecule has 0 radical (unpaired) electrons. The minimum atomic E-state index is 0.136. The van der Waals surface area contributed by atoms with Crippen LogP contribution in [0.5, 0.6) is 0 Å². The van der Waals surface area contributed by atoms with Crippen molar-refractivity contribution >= 4 is 23.1 Å². The van der Waals surface area contributed by atoms with Crippen molar-refractivity contribution in [3.8, 4) is 0 Å². The molecule has 1 aromatic heterocycles. The van der Waals surface area contributed by atoms with Gasteiger partial charge in [0.2, 0.25) is 0 Å². The van der Waals surface area contributed by atoms with Crippen LogP contribution >= 0.6 is 23.1 Å². The first-order valence-corrected chi connectivity index (χ1v) is 7.65. The fourth-order valence-corrected chi connectivity index (χ4v) is 4.51. The lowest BCUT2D eigenvalue weighted by molar-refractivity contribution is 0.607. The first kappa shape index (κ1) is 11.3. The lowest BCUT2D eigenvalue weighted by Gasteiger charge is -2.19. The van der Waals surface area contributed by atoms with Gasteiger partial charge in [-0.3, -0.25) is 0 Å². The van der Waals surface area contributed by atoms with Crippen molar-refractivity contribution in [3.05, 3.63) is 51.7 Å². The molecule has 17 heavy (non-hydrogen) atoms. The Kier molecular flexibility index (Phi) is 2.99. The first-order chi connectivity index (χ1) is 8.27. The summed E-state index contributed by atoms with van der Waals surface area (Å²) in [6.07, 6.45) is 0. The van der Waals surface area contributed by atoms with Crippen molar-refractivity contribution in [2.45, 2.75) is 23.8 Å². The van der Waals surface area contributed by atoms with Crippen LogP contribution in [0.1, 0.15) is 28.0 Å². The molecule has 1 aromatic carbocycles. The molecule has 0 saturated carbocycles. The third-order valence-corrected chi connectivity index (χ3v) is 5.50. The molecule has 1 aliphatic rings. The zero-order valence-corrected chi connectivity index (χ0v) is 11.4. The molecule has 3 heteroatoms. The van der Waals surface area contributed by atoms with Crippen LogP contribution in [0.2, 0.25) is 0 Å². The molecule has 0 fully saturated rings. The number of hydrogen-bond acceptors (Lipinski definition) is 3. The topological polar surface area (TPSA) is 26.0 Å². The molecule has 2 unspecified atom stereocenters. The van der Waals surface area contributed by atoms with Crippen LogP contribution in [0, 0.1) is 6.92 Å².